The maximum absolute atomic E-state index is 0. The molecular weight excluding hydrogens is 144 g/mol. The summed E-state index contributed by atoms with van der Waals surface area (Å²) in [5, 5.41) is 0. The Bertz CT molecular complexity index is 11.6. The van der Waals surface area contributed by atoms with Crippen molar-refractivity contribution in [2.75, 3.05) is 0 Å². The van der Waals surface area contributed by atoms with Gasteiger partial charge in [0, 0.05) is 46.6 Å². The third-order valence-corrected chi connectivity index (χ3v) is 0. The van der Waals surface area contributed by atoms with Gasteiger partial charge in [0.05, 0.1) is 0 Å². The standard InChI is InChI=1S/CH4.Mn.N.P.S/h1H4;;;;. The molecule has 0 rings (SSSR count). The van der Waals surface area contributed by atoms with Gasteiger partial charge in [0.1, 0.15) is 0 Å². The molecule has 0 N–H and O–H groups in total. The smallest absolute Gasteiger partial charge is 0 e. The molecule has 0 heterocycles. The van der Waals surface area contributed by atoms with E-state index in [1.807, 2.05) is 0 Å². The van der Waals surface area contributed by atoms with E-state index < -0.39 is 0 Å². The number of rotatable bonds is 0. The summed E-state index contributed by atoms with van der Waals surface area (Å²) >= 11 is 0. The fourth-order valence-corrected chi connectivity index (χ4v) is 0. The van der Waals surface area contributed by atoms with Crippen molar-refractivity contribution in [2.45, 2.75) is 7.43 Å². The summed E-state index contributed by atoms with van der Waals surface area (Å²) < 4.78 is 0. The maximum atomic E-state index is 0. The average molecular weight is 148 g/mol. The Morgan fingerprint density at radius 2 is 1.00 bits per heavy atom. The summed E-state index contributed by atoms with van der Waals surface area (Å²) in [6.07, 6.45) is 0. The molecule has 0 aliphatic rings. The van der Waals surface area contributed by atoms with Gasteiger partial charge in [-0.2, -0.15) is 0 Å². The number of nitrogens with zero attached hydrogens (tertiary/aromatic N) is 1. The molecule has 0 aromatic carbocycles. The summed E-state index contributed by atoms with van der Waals surface area (Å²) in [4.78, 5) is 0. The molecule has 0 bridgehead atoms. The van der Waals surface area contributed by atoms with E-state index in [1.165, 1.54) is 0 Å². The van der Waals surface area contributed by atoms with Gasteiger partial charge in [-0.05, 0) is 0 Å². The molecule has 0 aliphatic heterocycles. The summed E-state index contributed by atoms with van der Waals surface area (Å²) in [7, 11) is 0. The van der Waals surface area contributed by atoms with E-state index in [0.29, 0.717) is 0 Å². The second-order valence-electron chi connectivity index (χ2n) is 0. The summed E-state index contributed by atoms with van der Waals surface area (Å²) in [6, 6.07) is 0. The fourth-order valence-electron chi connectivity index (χ4n) is 0. The molecule has 0 aromatic rings. The van der Waals surface area contributed by atoms with Crippen LogP contribution in [0.1, 0.15) is 7.43 Å². The third-order valence-electron chi connectivity index (χ3n) is 0. The van der Waals surface area contributed by atoms with Crippen molar-refractivity contribution in [2.24, 2.45) is 0 Å². The van der Waals surface area contributed by atoms with E-state index in [2.05, 4.69) is 0 Å². The van der Waals surface area contributed by atoms with Crippen molar-refractivity contribution in [1.82, 2.24) is 6.15 Å². The molecule has 0 fully saturated rings. The van der Waals surface area contributed by atoms with Crippen molar-refractivity contribution in [3.63, 3.8) is 0 Å². The second kappa shape index (κ2) is 60.2. The third kappa shape index (κ3) is 35.2. The quantitative estimate of drug-likeness (QED) is 0.369. The van der Waals surface area contributed by atoms with Crippen molar-refractivity contribution in [1.29, 1.82) is 0 Å². The predicted molar refractivity (Wildman–Crippen MR) is 23.4 cm³/mol. The van der Waals surface area contributed by atoms with Crippen molar-refractivity contribution in [3.05, 3.63) is 0 Å². The first-order chi connectivity index (χ1) is 0. The van der Waals surface area contributed by atoms with Crippen LogP contribution in [-0.4, -0.2) is 0 Å². The number of hydrogen-bond acceptors (Lipinski definition) is 0. The summed E-state index contributed by atoms with van der Waals surface area (Å²) in [5.74, 6) is 0. The maximum Gasteiger partial charge on any atom is 0 e. The summed E-state index contributed by atoms with van der Waals surface area (Å²) in [6.45, 7) is 0. The van der Waals surface area contributed by atoms with Gasteiger partial charge in [-0.3, -0.25) is 0 Å². The van der Waals surface area contributed by atoms with Crippen LogP contribution in [0.25, 0.3) is 0 Å². The van der Waals surface area contributed by atoms with Crippen molar-refractivity contribution >= 4 is 23.4 Å². The van der Waals surface area contributed by atoms with Crippen LogP contribution in [0.15, 0.2) is 0 Å². The fraction of sp³-hybridized carbons (Fsp3) is 1.00. The van der Waals surface area contributed by atoms with E-state index in [1.54, 1.807) is 0 Å². The van der Waals surface area contributed by atoms with Crippen LogP contribution in [0, 0.1) is 0 Å². The first-order valence-corrected chi connectivity index (χ1v) is 0. The Kier molecular flexibility index (Phi) is 1310. The Labute approximate surface area is 54.4 Å². The minimum atomic E-state index is 0. The van der Waals surface area contributed by atoms with Gasteiger partial charge in [0.15, 0.2) is 0 Å². The predicted octanol–water partition coefficient (Wildman–Crippen LogP) is 1.66. The van der Waals surface area contributed by atoms with Crippen LogP contribution in [0.3, 0.4) is 0 Å². The van der Waals surface area contributed by atoms with Gasteiger partial charge in [-0.25, -0.2) is 0 Å². The molecule has 5 heavy (non-hydrogen) atoms. The monoisotopic (exact) mass is 148 g/mol. The van der Waals surface area contributed by atoms with Gasteiger partial charge in [-0.15, -0.1) is 0 Å². The van der Waals surface area contributed by atoms with Gasteiger partial charge >= 0.3 is 0 Å². The molecule has 1 nitrogen and oxygen atoms in total. The zero-order chi connectivity index (χ0) is 0. The normalized spacial score (nSPS) is 0. The molecule has 0 saturated carbocycles. The molecular formula is CH4MnNPS. The summed E-state index contributed by atoms with van der Waals surface area (Å²) in [5.41, 5.74) is 0. The molecule has 0 atom stereocenters. The molecule has 0 spiro atoms. The first-order valence-electron chi connectivity index (χ1n) is 0. The van der Waals surface area contributed by atoms with E-state index >= 15 is 0 Å². The minimum absolute atomic E-state index is 0. The minimum Gasteiger partial charge on any atom is -0.0776 e. The van der Waals surface area contributed by atoms with E-state index in [0.717, 1.165) is 0 Å². The molecule has 31 valence electrons. The zero-order valence-electron chi connectivity index (χ0n) is 1.68. The van der Waals surface area contributed by atoms with Crippen molar-refractivity contribution in [3.8, 4) is 0 Å². The topological polar surface area (TPSA) is 30.5 Å². The molecule has 0 amide bonds. The largest absolute Gasteiger partial charge is 0.0776 e. The van der Waals surface area contributed by atoms with Gasteiger partial charge in [0.2, 0.25) is 0 Å². The molecule has 0 aromatic heterocycles. The zero-order valence-corrected chi connectivity index (χ0v) is 4.57. The Balaban J connectivity index is 0. The van der Waals surface area contributed by atoms with Crippen LogP contribution < -0.4 is 6.15 Å². The molecule has 0 aliphatic carbocycles. The Morgan fingerprint density at radius 1 is 1.00 bits per heavy atom. The molecule has 4 heteroatoms. The molecule has 0 saturated heterocycles. The van der Waals surface area contributed by atoms with Gasteiger partial charge < -0.3 is 0 Å². The van der Waals surface area contributed by atoms with Crippen LogP contribution >= 0.6 is 23.4 Å². The van der Waals surface area contributed by atoms with Crippen LogP contribution in [-0.2, 0) is 17.1 Å². The Morgan fingerprint density at radius 3 is 1.00 bits per heavy atom. The van der Waals surface area contributed by atoms with Crippen LogP contribution in [0.4, 0.5) is 0 Å². The molecule has 0 unspecified atom stereocenters. The SMILES string of the molecule is C.[Mn].[N].[P].[S]. The second-order valence-corrected chi connectivity index (χ2v) is 0. The van der Waals surface area contributed by atoms with Crippen molar-refractivity contribution < 1.29 is 17.1 Å². The van der Waals surface area contributed by atoms with E-state index in [-0.39, 0.29) is 54.0 Å². The first kappa shape index (κ1) is 109. The van der Waals surface area contributed by atoms with Crippen LogP contribution in [0.5, 0.6) is 0 Å². The van der Waals surface area contributed by atoms with E-state index in [4.69, 9.17) is 0 Å². The molecule has 9 radical (unpaired) electrons. The van der Waals surface area contributed by atoms with Gasteiger partial charge in [0.25, 0.3) is 0 Å². The number of hydrogen-bond donors (Lipinski definition) is 0. The van der Waals surface area contributed by atoms with Gasteiger partial charge in [-0.1, -0.05) is 7.43 Å². The van der Waals surface area contributed by atoms with E-state index in [9.17, 15) is 0 Å². The Hall–Kier alpha value is 1.26. The van der Waals surface area contributed by atoms with Crippen LogP contribution in [0.2, 0.25) is 0 Å². The average Bonchev–Trinajstić information content (AvgIpc) is 0.